The zero-order chi connectivity index (χ0) is 32.1. The van der Waals surface area contributed by atoms with Gasteiger partial charge in [0.1, 0.15) is 17.6 Å². The van der Waals surface area contributed by atoms with Crippen LogP contribution in [0.25, 0.3) is 0 Å². The number of nitrogens with one attached hydrogen (secondary N) is 1. The molecule has 44 heavy (non-hydrogen) atoms. The summed E-state index contributed by atoms with van der Waals surface area (Å²) < 4.78 is 58.4. The number of ether oxygens (including phenoxy) is 3. The topological polar surface area (TPSA) is 149 Å². The maximum atomic E-state index is 13.9. The molecule has 1 heterocycles. The highest BCUT2D eigenvalue weighted by Crippen LogP contribution is 2.40. The van der Waals surface area contributed by atoms with E-state index in [2.05, 4.69) is 5.32 Å². The van der Waals surface area contributed by atoms with Gasteiger partial charge in [-0.3, -0.25) is 4.79 Å². The van der Waals surface area contributed by atoms with E-state index in [0.717, 1.165) is 5.56 Å². The molecule has 11 nitrogen and oxygen atoms in total. The largest absolute Gasteiger partial charge is 0.480 e. The van der Waals surface area contributed by atoms with E-state index in [0.29, 0.717) is 5.56 Å². The van der Waals surface area contributed by atoms with Gasteiger partial charge in [0.05, 0.1) is 23.9 Å². The fourth-order valence-corrected chi connectivity index (χ4v) is 6.17. The van der Waals surface area contributed by atoms with Crippen LogP contribution in [0.1, 0.15) is 31.9 Å². The van der Waals surface area contributed by atoms with E-state index in [4.69, 9.17) is 14.2 Å². The molecule has 0 radical (unpaired) electrons. The lowest BCUT2D eigenvalue weighted by molar-refractivity contribution is -0.169. The lowest BCUT2D eigenvalue weighted by Gasteiger charge is -2.48. The van der Waals surface area contributed by atoms with E-state index in [-0.39, 0.29) is 30.2 Å². The van der Waals surface area contributed by atoms with Crippen molar-refractivity contribution in [3.05, 3.63) is 95.8 Å². The van der Waals surface area contributed by atoms with E-state index < -0.39 is 57.7 Å². The van der Waals surface area contributed by atoms with Gasteiger partial charge in [-0.15, -0.1) is 0 Å². The molecule has 0 aliphatic carbocycles. The molecule has 2 N–H and O–H groups in total. The van der Waals surface area contributed by atoms with E-state index in [1.165, 1.54) is 53.7 Å². The minimum atomic E-state index is -4.05. The van der Waals surface area contributed by atoms with Gasteiger partial charge in [0, 0.05) is 19.4 Å². The molecule has 3 aromatic rings. The third kappa shape index (κ3) is 7.71. The summed E-state index contributed by atoms with van der Waals surface area (Å²) in [6.07, 6.45) is -2.64. The molecule has 0 bridgehead atoms. The summed E-state index contributed by atoms with van der Waals surface area (Å²) in [5, 5.41) is 11.9. The van der Waals surface area contributed by atoms with Crippen molar-refractivity contribution in [2.24, 2.45) is 5.92 Å². The number of aliphatic carboxylic acids is 1. The Balaban J connectivity index is 1.46. The first-order valence-corrected chi connectivity index (χ1v) is 15.2. The summed E-state index contributed by atoms with van der Waals surface area (Å²) in [7, 11) is -4.05. The number of carboxylic acids is 1. The molecule has 234 valence electrons. The second-order valence-electron chi connectivity index (χ2n) is 10.6. The summed E-state index contributed by atoms with van der Waals surface area (Å²) in [5.41, 5.74) is -0.0112. The molecule has 0 spiro atoms. The Labute approximate surface area is 254 Å². The number of hydrogen-bond donors (Lipinski definition) is 2. The van der Waals surface area contributed by atoms with Crippen molar-refractivity contribution >= 4 is 28.1 Å². The van der Waals surface area contributed by atoms with Crippen molar-refractivity contribution in [2.45, 2.75) is 50.0 Å². The number of benzene rings is 3. The van der Waals surface area contributed by atoms with E-state index in [1.807, 2.05) is 18.2 Å². The summed E-state index contributed by atoms with van der Waals surface area (Å²) >= 11 is 0. The Bertz CT molecular complexity index is 1610. The number of halogens is 1. The van der Waals surface area contributed by atoms with Gasteiger partial charge >= 0.3 is 18.0 Å². The Morgan fingerprint density at radius 1 is 0.955 bits per heavy atom. The number of hydrogen-bond acceptors (Lipinski definition) is 8. The lowest BCUT2D eigenvalue weighted by atomic mass is 9.87. The average molecular weight is 629 g/mol. The molecule has 0 aromatic heterocycles. The summed E-state index contributed by atoms with van der Waals surface area (Å²) in [6, 6.07) is 18.9. The number of carbonyl (C=O) groups is 3. The normalized spacial score (nSPS) is 15.8. The van der Waals surface area contributed by atoms with Crippen LogP contribution in [0.2, 0.25) is 0 Å². The maximum Gasteiger partial charge on any atom is 0.410 e. The number of esters is 1. The fraction of sp³-hybridized carbons (Fsp3) is 0.323. The number of nitrogens with zero attached hydrogens (tertiary/aromatic N) is 1. The Morgan fingerprint density at radius 2 is 1.64 bits per heavy atom. The molecule has 1 fully saturated rings. The zero-order valence-electron chi connectivity index (χ0n) is 24.3. The Hall–Kier alpha value is -4.49. The molecule has 0 unspecified atom stereocenters. The summed E-state index contributed by atoms with van der Waals surface area (Å²) in [6.45, 7) is 4.42. The number of amides is 1. The molecule has 1 aliphatic heterocycles. The first-order valence-electron chi connectivity index (χ1n) is 13.8. The van der Waals surface area contributed by atoms with Crippen LogP contribution < -0.4 is 10.1 Å². The van der Waals surface area contributed by atoms with Crippen molar-refractivity contribution in [3.8, 4) is 5.75 Å². The Kier molecular flexibility index (Phi) is 9.90. The summed E-state index contributed by atoms with van der Waals surface area (Å²) in [5.74, 6) is -2.66. The van der Waals surface area contributed by atoms with Gasteiger partial charge in [-0.1, -0.05) is 62.4 Å². The zero-order valence-corrected chi connectivity index (χ0v) is 25.1. The van der Waals surface area contributed by atoms with Crippen molar-refractivity contribution in [3.63, 3.8) is 0 Å². The molecule has 2 atom stereocenters. The van der Waals surface area contributed by atoms with Crippen LogP contribution in [0.3, 0.4) is 0 Å². The number of sulfonamides is 1. The van der Waals surface area contributed by atoms with Crippen molar-refractivity contribution < 1.29 is 46.5 Å². The smallest absolute Gasteiger partial charge is 0.410 e. The first-order chi connectivity index (χ1) is 20.8. The van der Waals surface area contributed by atoms with Crippen LogP contribution in [0.5, 0.6) is 5.75 Å². The van der Waals surface area contributed by atoms with Gasteiger partial charge in [0.25, 0.3) is 0 Å². The SMILES string of the molecule is CC(C)C(=O)O[C@H](C)OC(=O)N[C@@H](Cc1cccc(S(=O)(=O)N2CC(Oc3cccc(F)c3)(c3ccccc3)C2)c1)C(=O)O. The lowest BCUT2D eigenvalue weighted by Crippen LogP contribution is -2.64. The van der Waals surface area contributed by atoms with Gasteiger partial charge in [0.2, 0.25) is 16.3 Å². The van der Waals surface area contributed by atoms with Crippen LogP contribution in [-0.2, 0) is 41.1 Å². The van der Waals surface area contributed by atoms with Crippen LogP contribution in [0.15, 0.2) is 83.8 Å². The van der Waals surface area contributed by atoms with Gasteiger partial charge in [-0.05, 0) is 35.4 Å². The maximum absolute atomic E-state index is 13.9. The van der Waals surface area contributed by atoms with Crippen LogP contribution in [0.4, 0.5) is 9.18 Å². The number of alkyl carbamates (subject to hydrolysis) is 1. The van der Waals surface area contributed by atoms with Crippen molar-refractivity contribution in [2.75, 3.05) is 13.1 Å². The van der Waals surface area contributed by atoms with Gasteiger partial charge in [-0.25, -0.2) is 22.4 Å². The predicted octanol–water partition coefficient (Wildman–Crippen LogP) is 4.07. The van der Waals surface area contributed by atoms with E-state index >= 15 is 0 Å². The summed E-state index contributed by atoms with van der Waals surface area (Å²) in [4.78, 5) is 35.8. The monoisotopic (exact) mass is 628 g/mol. The number of carbonyl (C=O) groups excluding carboxylic acids is 2. The van der Waals surface area contributed by atoms with Gasteiger partial charge < -0.3 is 24.6 Å². The Morgan fingerprint density at radius 3 is 2.27 bits per heavy atom. The molecule has 1 aliphatic rings. The molecule has 1 amide bonds. The third-order valence-electron chi connectivity index (χ3n) is 6.87. The second-order valence-corrected chi connectivity index (χ2v) is 12.6. The minimum absolute atomic E-state index is 0.0508. The van der Waals surface area contributed by atoms with Gasteiger partial charge in [0.15, 0.2) is 5.60 Å². The quantitative estimate of drug-likeness (QED) is 0.224. The number of rotatable bonds is 12. The standard InChI is InChI=1S/C31H33FN2O9S/c1-20(2)29(37)41-21(3)42-30(38)33-27(28(35)36)16-22-9-7-14-26(15-22)44(39,40)34-18-31(19-34,23-10-5-4-6-11-23)43-25-13-8-12-24(32)17-25/h4-15,17,20-21,27H,16,18-19H2,1-3H3,(H,33,38)(H,35,36)/t21-,27-/m0/s1. The molecule has 3 aromatic carbocycles. The predicted molar refractivity (Wildman–Crippen MR) is 155 cm³/mol. The fourth-order valence-electron chi connectivity index (χ4n) is 4.57. The van der Waals surface area contributed by atoms with Crippen LogP contribution in [-0.4, -0.2) is 61.3 Å². The third-order valence-corrected chi connectivity index (χ3v) is 8.65. The van der Waals surface area contributed by atoms with Crippen LogP contribution in [0, 0.1) is 11.7 Å². The highest BCUT2D eigenvalue weighted by atomic mass is 32.2. The highest BCUT2D eigenvalue weighted by molar-refractivity contribution is 7.89. The van der Waals surface area contributed by atoms with Crippen molar-refractivity contribution in [1.29, 1.82) is 0 Å². The molecule has 1 saturated heterocycles. The van der Waals surface area contributed by atoms with Gasteiger partial charge in [-0.2, -0.15) is 4.31 Å². The van der Waals surface area contributed by atoms with E-state index in [1.54, 1.807) is 32.0 Å². The minimum Gasteiger partial charge on any atom is -0.480 e. The highest BCUT2D eigenvalue weighted by Gasteiger charge is 2.52. The molecular weight excluding hydrogens is 595 g/mol. The van der Waals surface area contributed by atoms with E-state index in [9.17, 15) is 32.3 Å². The van der Waals surface area contributed by atoms with Crippen molar-refractivity contribution in [1.82, 2.24) is 9.62 Å². The second kappa shape index (κ2) is 13.4. The average Bonchev–Trinajstić information content (AvgIpc) is 2.94. The molecule has 13 heteroatoms. The molecule has 0 saturated carbocycles. The molecule has 4 rings (SSSR count). The van der Waals surface area contributed by atoms with Crippen LogP contribution >= 0.6 is 0 Å². The molecular formula is C31H33FN2O9S. The number of carboxylic acid groups (broad SMARTS) is 1. The first kappa shape index (κ1) is 32.4.